The van der Waals surface area contributed by atoms with Crippen LogP contribution in [0.3, 0.4) is 0 Å². The van der Waals surface area contributed by atoms with Crippen molar-refractivity contribution in [1.29, 1.82) is 5.26 Å². The quantitative estimate of drug-likeness (QED) is 0.268. The lowest BCUT2D eigenvalue weighted by Gasteiger charge is -2.41. The minimum atomic E-state index is 0.139. The number of H-pyrrole nitrogens is 1. The van der Waals surface area contributed by atoms with Gasteiger partial charge in [0.2, 0.25) is 5.96 Å². The van der Waals surface area contributed by atoms with E-state index in [0.29, 0.717) is 5.96 Å². The fraction of sp³-hybridized carbons (Fsp3) is 0.300. The van der Waals surface area contributed by atoms with E-state index < -0.39 is 0 Å². The van der Waals surface area contributed by atoms with Gasteiger partial charge >= 0.3 is 0 Å². The number of hydrogen-bond donors (Lipinski definition) is 2. The Morgan fingerprint density at radius 1 is 1.34 bits per heavy atom. The molecule has 0 unspecified atom stereocenters. The number of fused-ring (bicyclic) bond motifs is 1. The number of nitrogens with one attached hydrogen (secondary N) is 2. The summed E-state index contributed by atoms with van der Waals surface area (Å²) >= 11 is 3.46. The summed E-state index contributed by atoms with van der Waals surface area (Å²) < 4.78 is 0.947. The number of nitriles is 1. The molecule has 0 saturated carbocycles. The SMILES string of the molecule is Cc1cc2c(N3CCN(C(=Nc4cccc(Br)c4)NC#N)[C@@H](C)C3)ncnc2[nH]1. The second kappa shape index (κ2) is 8.09. The summed E-state index contributed by atoms with van der Waals surface area (Å²) in [7, 11) is 0. The number of piperazine rings is 1. The number of guanidine groups is 1. The van der Waals surface area contributed by atoms with E-state index in [0.717, 1.165) is 52.3 Å². The summed E-state index contributed by atoms with van der Waals surface area (Å²) in [5, 5.41) is 13.0. The first-order valence-electron chi connectivity index (χ1n) is 9.36. The fourth-order valence-electron chi connectivity index (χ4n) is 3.66. The van der Waals surface area contributed by atoms with Crippen molar-refractivity contribution in [2.45, 2.75) is 19.9 Å². The van der Waals surface area contributed by atoms with Crippen molar-refractivity contribution in [2.75, 3.05) is 24.5 Å². The van der Waals surface area contributed by atoms with Gasteiger partial charge in [-0.25, -0.2) is 15.0 Å². The standard InChI is InChI=1S/C20H21BrN8/c1-13-8-17-18(26-13)24-12-25-19(17)28-6-7-29(14(2)10-28)20(23-11-22)27-16-5-3-4-15(21)9-16/h3-5,8-9,12,14H,6-7,10H2,1-2H3,(H,23,27)(H,24,25,26)/t14-/m0/s1. The highest BCUT2D eigenvalue weighted by Crippen LogP contribution is 2.26. The lowest BCUT2D eigenvalue weighted by Crippen LogP contribution is -2.56. The monoisotopic (exact) mass is 452 g/mol. The van der Waals surface area contributed by atoms with Crippen LogP contribution in [0.15, 0.2) is 46.1 Å². The Morgan fingerprint density at radius 3 is 2.97 bits per heavy atom. The summed E-state index contributed by atoms with van der Waals surface area (Å²) in [6, 6.07) is 9.93. The van der Waals surface area contributed by atoms with Crippen molar-refractivity contribution in [3.63, 3.8) is 0 Å². The van der Waals surface area contributed by atoms with E-state index in [9.17, 15) is 5.26 Å². The predicted molar refractivity (Wildman–Crippen MR) is 117 cm³/mol. The maximum Gasteiger partial charge on any atom is 0.212 e. The topological polar surface area (TPSA) is 96.2 Å². The zero-order valence-corrected chi connectivity index (χ0v) is 17.8. The first kappa shape index (κ1) is 19.2. The molecule has 148 valence electrons. The number of hydrogen-bond acceptors (Lipinski definition) is 5. The van der Waals surface area contributed by atoms with Crippen molar-refractivity contribution in [2.24, 2.45) is 4.99 Å². The molecule has 1 atom stereocenters. The molecule has 29 heavy (non-hydrogen) atoms. The van der Waals surface area contributed by atoms with Crippen molar-refractivity contribution in [3.05, 3.63) is 46.8 Å². The lowest BCUT2D eigenvalue weighted by molar-refractivity contribution is 0.291. The molecule has 3 heterocycles. The molecule has 9 heteroatoms. The smallest absolute Gasteiger partial charge is 0.212 e. The van der Waals surface area contributed by atoms with Crippen LogP contribution in [0, 0.1) is 18.4 Å². The molecule has 0 spiro atoms. The van der Waals surface area contributed by atoms with E-state index in [1.807, 2.05) is 37.4 Å². The summed E-state index contributed by atoms with van der Waals surface area (Å²) in [6.45, 7) is 6.40. The van der Waals surface area contributed by atoms with Crippen molar-refractivity contribution >= 4 is 44.4 Å². The fourth-order valence-corrected chi connectivity index (χ4v) is 4.04. The third-order valence-electron chi connectivity index (χ3n) is 4.95. The Morgan fingerprint density at radius 2 is 2.21 bits per heavy atom. The number of nitrogens with zero attached hydrogens (tertiary/aromatic N) is 6. The second-order valence-electron chi connectivity index (χ2n) is 7.05. The largest absolute Gasteiger partial charge is 0.352 e. The van der Waals surface area contributed by atoms with Gasteiger partial charge in [0, 0.05) is 35.8 Å². The van der Waals surface area contributed by atoms with Crippen molar-refractivity contribution < 1.29 is 0 Å². The molecular formula is C20H21BrN8. The van der Waals surface area contributed by atoms with Gasteiger partial charge in [-0.1, -0.05) is 22.0 Å². The molecule has 0 amide bonds. The Labute approximate surface area is 177 Å². The molecule has 2 N–H and O–H groups in total. The summed E-state index contributed by atoms with van der Waals surface area (Å²) in [4.78, 5) is 21.2. The van der Waals surface area contributed by atoms with Gasteiger partial charge in [0.1, 0.15) is 17.8 Å². The van der Waals surface area contributed by atoms with Crippen molar-refractivity contribution in [1.82, 2.24) is 25.2 Å². The Balaban J connectivity index is 1.58. The first-order chi connectivity index (χ1) is 14.0. The summed E-state index contributed by atoms with van der Waals surface area (Å²) in [5.74, 6) is 1.49. The molecule has 1 aliphatic heterocycles. The summed E-state index contributed by atoms with van der Waals surface area (Å²) in [5.41, 5.74) is 2.70. The lowest BCUT2D eigenvalue weighted by atomic mass is 10.2. The highest BCUT2D eigenvalue weighted by molar-refractivity contribution is 9.10. The molecule has 0 radical (unpaired) electrons. The molecule has 4 rings (SSSR count). The Kier molecular flexibility index (Phi) is 5.36. The van der Waals surface area contributed by atoms with Crippen LogP contribution in [-0.4, -0.2) is 51.5 Å². The van der Waals surface area contributed by atoms with E-state index in [2.05, 4.69) is 64.0 Å². The van der Waals surface area contributed by atoms with Crippen LogP contribution in [0.2, 0.25) is 0 Å². The number of rotatable bonds is 2. The normalized spacial score (nSPS) is 17.4. The van der Waals surface area contributed by atoms with E-state index in [1.165, 1.54) is 0 Å². The average molecular weight is 453 g/mol. The molecule has 0 bridgehead atoms. The number of halogens is 1. The van der Waals surface area contributed by atoms with Gasteiger partial charge in [0.15, 0.2) is 6.19 Å². The molecule has 1 fully saturated rings. The van der Waals surface area contributed by atoms with Crippen LogP contribution >= 0.6 is 15.9 Å². The van der Waals surface area contributed by atoms with Gasteiger partial charge in [-0.05, 0) is 38.1 Å². The Bertz CT molecular complexity index is 1100. The highest BCUT2D eigenvalue weighted by atomic mass is 79.9. The molecule has 2 aromatic heterocycles. The average Bonchev–Trinajstić information content (AvgIpc) is 3.08. The van der Waals surface area contributed by atoms with Crippen LogP contribution in [-0.2, 0) is 0 Å². The molecule has 0 aliphatic carbocycles. The molecule has 1 saturated heterocycles. The second-order valence-corrected chi connectivity index (χ2v) is 7.97. The van der Waals surface area contributed by atoms with Crippen LogP contribution in [0.25, 0.3) is 11.0 Å². The highest BCUT2D eigenvalue weighted by Gasteiger charge is 2.28. The van der Waals surface area contributed by atoms with Crippen LogP contribution in [0.1, 0.15) is 12.6 Å². The zero-order chi connectivity index (χ0) is 20.4. The molecule has 3 aromatic rings. The van der Waals surface area contributed by atoms with E-state index in [1.54, 1.807) is 6.33 Å². The number of benzene rings is 1. The molecular weight excluding hydrogens is 432 g/mol. The molecule has 1 aliphatic rings. The zero-order valence-electron chi connectivity index (χ0n) is 16.2. The number of aliphatic imine (C=N–C) groups is 1. The Hall–Kier alpha value is -3.12. The molecule has 1 aromatic carbocycles. The number of aromatic nitrogens is 3. The van der Waals surface area contributed by atoms with Gasteiger partial charge in [0.25, 0.3) is 0 Å². The van der Waals surface area contributed by atoms with Crippen LogP contribution in [0.5, 0.6) is 0 Å². The number of aromatic amines is 1. The van der Waals surface area contributed by atoms with E-state index >= 15 is 0 Å². The molecule has 8 nitrogen and oxygen atoms in total. The van der Waals surface area contributed by atoms with Crippen molar-refractivity contribution in [3.8, 4) is 6.19 Å². The third-order valence-corrected chi connectivity index (χ3v) is 5.44. The van der Waals surface area contributed by atoms with Crippen LogP contribution in [0.4, 0.5) is 11.5 Å². The maximum atomic E-state index is 9.23. The van der Waals surface area contributed by atoms with Gasteiger partial charge in [-0.3, -0.25) is 5.32 Å². The van der Waals surface area contributed by atoms with Gasteiger partial charge < -0.3 is 14.8 Å². The summed E-state index contributed by atoms with van der Waals surface area (Å²) in [6.07, 6.45) is 3.62. The minimum absolute atomic E-state index is 0.139. The predicted octanol–water partition coefficient (Wildman–Crippen LogP) is 3.30. The number of anilines is 1. The van der Waals surface area contributed by atoms with Crippen LogP contribution < -0.4 is 10.2 Å². The van der Waals surface area contributed by atoms with Gasteiger partial charge in [-0.2, -0.15) is 5.26 Å². The number of aryl methyl sites for hydroxylation is 1. The third kappa shape index (κ3) is 4.03. The maximum absolute atomic E-state index is 9.23. The van der Waals surface area contributed by atoms with E-state index in [-0.39, 0.29) is 6.04 Å². The van der Waals surface area contributed by atoms with E-state index in [4.69, 9.17) is 0 Å². The van der Waals surface area contributed by atoms with Gasteiger partial charge in [-0.15, -0.1) is 0 Å². The first-order valence-corrected chi connectivity index (χ1v) is 10.2. The minimum Gasteiger partial charge on any atom is -0.352 e. The van der Waals surface area contributed by atoms with Gasteiger partial charge in [0.05, 0.1) is 11.1 Å².